The fraction of sp³-hybridized carbons (Fsp3) is 0. The molecule has 0 atom stereocenters. The summed E-state index contributed by atoms with van der Waals surface area (Å²) in [7, 11) is 0. The van der Waals surface area contributed by atoms with E-state index in [4.69, 9.17) is 23.2 Å². The van der Waals surface area contributed by atoms with E-state index < -0.39 is 10.5 Å². The van der Waals surface area contributed by atoms with Crippen LogP contribution < -0.4 is 0 Å². The maximum Gasteiger partial charge on any atom is 0.252 e. The van der Waals surface area contributed by atoms with Crippen LogP contribution in [0.4, 0.5) is 0 Å². The lowest BCUT2D eigenvalue weighted by atomic mass is 10.1. The molecule has 2 aromatic rings. The van der Waals surface area contributed by atoms with Gasteiger partial charge in [-0.3, -0.25) is 9.59 Å². The number of hydrogen-bond acceptors (Lipinski definition) is 2. The predicted molar refractivity (Wildman–Crippen MR) is 82.2 cm³/mol. The zero-order chi connectivity index (χ0) is 14.5. The van der Waals surface area contributed by atoms with Gasteiger partial charge in [-0.05, 0) is 58.6 Å². The average molecular weight is 305 g/mol. The predicted octanol–water partition coefficient (Wildman–Crippen LogP) is 4.62. The largest absolute Gasteiger partial charge is 0.276 e. The quantitative estimate of drug-likeness (QED) is 0.610. The number of carbonyl (C=O) groups is 2. The van der Waals surface area contributed by atoms with Crippen LogP contribution in [0.25, 0.3) is 12.2 Å². The van der Waals surface area contributed by atoms with E-state index in [0.29, 0.717) is 11.1 Å². The fourth-order valence-corrected chi connectivity index (χ4v) is 1.89. The maximum atomic E-state index is 10.9. The Kier molecular flexibility index (Phi) is 4.72. The Morgan fingerprint density at radius 3 is 1.20 bits per heavy atom. The Morgan fingerprint density at radius 2 is 0.950 bits per heavy atom. The first-order valence-electron chi connectivity index (χ1n) is 5.84. The van der Waals surface area contributed by atoms with Crippen molar-refractivity contribution in [3.05, 3.63) is 70.8 Å². The molecule has 0 amide bonds. The Balaban J connectivity index is 2.12. The van der Waals surface area contributed by atoms with Crippen LogP contribution in [-0.4, -0.2) is 10.5 Å². The molecule has 0 saturated carbocycles. The minimum absolute atomic E-state index is 0.466. The number of hydrogen-bond donors (Lipinski definition) is 0. The SMILES string of the molecule is O=C(Cl)c1ccc(/C=C/c2ccc(C(=O)Cl)cc2)cc1. The van der Waals surface area contributed by atoms with E-state index in [1.165, 1.54) is 0 Å². The van der Waals surface area contributed by atoms with Gasteiger partial charge in [0.1, 0.15) is 0 Å². The second-order valence-electron chi connectivity index (χ2n) is 4.12. The highest BCUT2D eigenvalue weighted by molar-refractivity contribution is 6.68. The monoisotopic (exact) mass is 304 g/mol. The lowest BCUT2D eigenvalue weighted by Crippen LogP contribution is -1.87. The van der Waals surface area contributed by atoms with Crippen LogP contribution in [0.15, 0.2) is 48.5 Å². The molecule has 0 aliphatic heterocycles. The minimum atomic E-state index is -0.470. The fourth-order valence-electron chi connectivity index (χ4n) is 1.64. The summed E-state index contributed by atoms with van der Waals surface area (Å²) < 4.78 is 0. The summed E-state index contributed by atoms with van der Waals surface area (Å²) in [4.78, 5) is 21.9. The lowest BCUT2D eigenvalue weighted by Gasteiger charge is -1.97. The van der Waals surface area contributed by atoms with E-state index in [1.807, 2.05) is 36.4 Å². The van der Waals surface area contributed by atoms with Gasteiger partial charge in [-0.1, -0.05) is 36.4 Å². The molecule has 0 radical (unpaired) electrons. The van der Waals surface area contributed by atoms with Crippen LogP contribution in [0.2, 0.25) is 0 Å². The Hall–Kier alpha value is -1.90. The molecule has 2 nitrogen and oxygen atoms in total. The number of rotatable bonds is 4. The van der Waals surface area contributed by atoms with Gasteiger partial charge in [0, 0.05) is 11.1 Å². The molecule has 0 N–H and O–H groups in total. The van der Waals surface area contributed by atoms with Crippen molar-refractivity contribution in [2.75, 3.05) is 0 Å². The first-order valence-corrected chi connectivity index (χ1v) is 6.60. The first-order chi connectivity index (χ1) is 9.56. The van der Waals surface area contributed by atoms with Gasteiger partial charge in [0.05, 0.1) is 0 Å². The van der Waals surface area contributed by atoms with E-state index in [9.17, 15) is 9.59 Å². The van der Waals surface area contributed by atoms with Gasteiger partial charge < -0.3 is 0 Å². The highest BCUT2D eigenvalue weighted by Crippen LogP contribution is 2.12. The van der Waals surface area contributed by atoms with Gasteiger partial charge in [-0.25, -0.2) is 0 Å². The highest BCUT2D eigenvalue weighted by atomic mass is 35.5. The summed E-state index contributed by atoms with van der Waals surface area (Å²) in [5.74, 6) is 0. The normalized spacial score (nSPS) is 10.7. The zero-order valence-electron chi connectivity index (χ0n) is 10.3. The third-order valence-corrected chi connectivity index (χ3v) is 3.18. The van der Waals surface area contributed by atoms with Crippen molar-refractivity contribution in [1.82, 2.24) is 0 Å². The van der Waals surface area contributed by atoms with Crippen molar-refractivity contribution in [2.24, 2.45) is 0 Å². The van der Waals surface area contributed by atoms with Crippen molar-refractivity contribution < 1.29 is 9.59 Å². The van der Waals surface area contributed by atoms with Crippen LogP contribution >= 0.6 is 23.2 Å². The number of benzene rings is 2. The highest BCUT2D eigenvalue weighted by Gasteiger charge is 2.00. The molecule has 20 heavy (non-hydrogen) atoms. The second kappa shape index (κ2) is 6.51. The molecule has 0 spiro atoms. The molecule has 2 rings (SSSR count). The van der Waals surface area contributed by atoms with Gasteiger partial charge in [0.2, 0.25) is 0 Å². The van der Waals surface area contributed by atoms with Crippen LogP contribution in [0.1, 0.15) is 31.8 Å². The van der Waals surface area contributed by atoms with Gasteiger partial charge in [0.25, 0.3) is 10.5 Å². The van der Waals surface area contributed by atoms with E-state index in [0.717, 1.165) is 11.1 Å². The van der Waals surface area contributed by atoms with Crippen molar-refractivity contribution in [1.29, 1.82) is 0 Å². The lowest BCUT2D eigenvalue weighted by molar-refractivity contribution is 0.107. The maximum absolute atomic E-state index is 10.9. The second-order valence-corrected chi connectivity index (χ2v) is 4.81. The molecule has 2 aromatic carbocycles. The van der Waals surface area contributed by atoms with Crippen molar-refractivity contribution >= 4 is 45.8 Å². The third-order valence-electron chi connectivity index (χ3n) is 2.74. The van der Waals surface area contributed by atoms with Gasteiger partial charge >= 0.3 is 0 Å². The minimum Gasteiger partial charge on any atom is -0.276 e. The number of carbonyl (C=O) groups excluding carboxylic acids is 2. The molecule has 4 heteroatoms. The third kappa shape index (κ3) is 3.80. The van der Waals surface area contributed by atoms with E-state index in [-0.39, 0.29) is 0 Å². The van der Waals surface area contributed by atoms with E-state index >= 15 is 0 Å². The van der Waals surface area contributed by atoms with Crippen LogP contribution in [0.3, 0.4) is 0 Å². The van der Waals surface area contributed by atoms with E-state index in [1.54, 1.807) is 24.3 Å². The molecular formula is C16H10Cl2O2. The van der Waals surface area contributed by atoms with Crippen LogP contribution in [-0.2, 0) is 0 Å². The van der Waals surface area contributed by atoms with Crippen LogP contribution in [0.5, 0.6) is 0 Å². The smallest absolute Gasteiger partial charge is 0.252 e. The number of halogens is 2. The molecule has 0 aromatic heterocycles. The molecule has 100 valence electrons. The van der Waals surface area contributed by atoms with Gasteiger partial charge in [0.15, 0.2) is 0 Å². The standard InChI is InChI=1S/C16H10Cl2O2/c17-15(19)13-7-3-11(4-8-13)1-2-12-5-9-14(10-6-12)16(18)20/h1-10H/b2-1+. The molecular weight excluding hydrogens is 295 g/mol. The Bertz CT molecular complexity index is 596. The Labute approximate surface area is 126 Å². The zero-order valence-corrected chi connectivity index (χ0v) is 11.9. The topological polar surface area (TPSA) is 34.1 Å². The van der Waals surface area contributed by atoms with Crippen molar-refractivity contribution in [2.45, 2.75) is 0 Å². The van der Waals surface area contributed by atoms with Gasteiger partial charge in [-0.15, -0.1) is 0 Å². The van der Waals surface area contributed by atoms with E-state index in [2.05, 4.69) is 0 Å². The molecule has 0 aliphatic carbocycles. The summed E-state index contributed by atoms with van der Waals surface area (Å²) in [6.07, 6.45) is 3.81. The summed E-state index contributed by atoms with van der Waals surface area (Å²) in [5.41, 5.74) is 2.83. The van der Waals surface area contributed by atoms with Gasteiger partial charge in [-0.2, -0.15) is 0 Å². The summed E-state index contributed by atoms with van der Waals surface area (Å²) >= 11 is 10.7. The summed E-state index contributed by atoms with van der Waals surface area (Å²) in [6, 6.07) is 13.9. The average Bonchev–Trinajstić information content (AvgIpc) is 2.46. The van der Waals surface area contributed by atoms with Crippen molar-refractivity contribution in [3.63, 3.8) is 0 Å². The molecule has 0 heterocycles. The summed E-state index contributed by atoms with van der Waals surface area (Å²) in [6.45, 7) is 0. The first kappa shape index (κ1) is 14.5. The summed E-state index contributed by atoms with van der Waals surface area (Å²) in [5, 5.41) is -0.941. The molecule has 0 bridgehead atoms. The van der Waals surface area contributed by atoms with Crippen LogP contribution in [0, 0.1) is 0 Å². The molecule has 0 fully saturated rings. The molecule has 0 aliphatic rings. The molecule has 0 unspecified atom stereocenters. The van der Waals surface area contributed by atoms with Crippen molar-refractivity contribution in [3.8, 4) is 0 Å². The molecule has 0 saturated heterocycles. The Morgan fingerprint density at radius 1 is 0.650 bits per heavy atom.